The maximum atomic E-state index is 14.2. The SMILES string of the molecule is Cn1ccc(CN(CC2C(F)(F)C23CCC3)c2ncc(F)cn2)n1. The monoisotopic (exact) mass is 337 g/mol. The standard InChI is InChI=1S/C16H18F3N5/c1-23-6-3-12(22-23)9-24(14-20-7-11(17)8-21-14)10-13-15(4-2-5-15)16(13,18)19/h3,6-8,13H,2,4-5,9-10H2,1H3. The molecule has 0 amide bonds. The van der Waals surface area contributed by atoms with Crippen molar-refractivity contribution in [1.82, 2.24) is 19.7 Å². The molecule has 128 valence electrons. The van der Waals surface area contributed by atoms with Crippen LogP contribution in [0.4, 0.5) is 19.1 Å². The van der Waals surface area contributed by atoms with Gasteiger partial charge in [0.1, 0.15) is 0 Å². The van der Waals surface area contributed by atoms with Crippen LogP contribution in [-0.4, -0.2) is 32.2 Å². The number of aromatic nitrogens is 4. The summed E-state index contributed by atoms with van der Waals surface area (Å²) < 4.78 is 43.2. The van der Waals surface area contributed by atoms with Crippen LogP contribution in [0.25, 0.3) is 0 Å². The predicted molar refractivity (Wildman–Crippen MR) is 81.0 cm³/mol. The zero-order chi connectivity index (χ0) is 16.9. The van der Waals surface area contributed by atoms with Crippen LogP contribution in [0.15, 0.2) is 24.7 Å². The third kappa shape index (κ3) is 2.27. The Labute approximate surface area is 137 Å². The fourth-order valence-electron chi connectivity index (χ4n) is 3.77. The Balaban J connectivity index is 1.57. The number of aryl methyl sites for hydroxylation is 1. The zero-order valence-electron chi connectivity index (χ0n) is 13.3. The lowest BCUT2D eigenvalue weighted by Crippen LogP contribution is -2.30. The van der Waals surface area contributed by atoms with E-state index < -0.39 is 23.1 Å². The van der Waals surface area contributed by atoms with E-state index in [0.717, 1.165) is 24.5 Å². The molecule has 2 aromatic rings. The van der Waals surface area contributed by atoms with Crippen molar-refractivity contribution in [2.45, 2.75) is 31.7 Å². The normalized spacial score (nSPS) is 23.1. The first-order valence-electron chi connectivity index (χ1n) is 8.01. The van der Waals surface area contributed by atoms with E-state index in [9.17, 15) is 13.2 Å². The molecule has 0 N–H and O–H groups in total. The second-order valence-electron chi connectivity index (χ2n) is 6.75. The molecule has 0 aliphatic heterocycles. The highest BCUT2D eigenvalue weighted by molar-refractivity contribution is 5.34. The van der Waals surface area contributed by atoms with E-state index in [4.69, 9.17) is 0 Å². The van der Waals surface area contributed by atoms with E-state index in [0.29, 0.717) is 19.4 Å². The molecule has 0 aromatic carbocycles. The van der Waals surface area contributed by atoms with E-state index in [1.807, 2.05) is 6.07 Å². The molecule has 2 fully saturated rings. The van der Waals surface area contributed by atoms with Crippen molar-refractivity contribution in [2.24, 2.45) is 18.4 Å². The second-order valence-corrected chi connectivity index (χ2v) is 6.75. The number of hydrogen-bond donors (Lipinski definition) is 0. The third-order valence-corrected chi connectivity index (χ3v) is 5.35. The topological polar surface area (TPSA) is 46.8 Å². The Hall–Kier alpha value is -2.12. The Kier molecular flexibility index (Phi) is 3.33. The van der Waals surface area contributed by atoms with Crippen molar-refractivity contribution < 1.29 is 13.2 Å². The van der Waals surface area contributed by atoms with Gasteiger partial charge < -0.3 is 4.90 Å². The van der Waals surface area contributed by atoms with E-state index in [2.05, 4.69) is 15.1 Å². The van der Waals surface area contributed by atoms with Crippen LogP contribution in [0.5, 0.6) is 0 Å². The predicted octanol–water partition coefficient (Wildman–Crippen LogP) is 2.79. The molecule has 2 heterocycles. The molecule has 0 bridgehead atoms. The van der Waals surface area contributed by atoms with Crippen LogP contribution in [0.1, 0.15) is 25.0 Å². The summed E-state index contributed by atoms with van der Waals surface area (Å²) in [5, 5.41) is 4.29. The molecule has 2 aliphatic carbocycles. The molecular weight excluding hydrogens is 319 g/mol. The van der Waals surface area contributed by atoms with Crippen molar-refractivity contribution in [2.75, 3.05) is 11.4 Å². The number of anilines is 1. The largest absolute Gasteiger partial charge is 0.334 e. The Morgan fingerprint density at radius 2 is 2.00 bits per heavy atom. The molecule has 2 saturated carbocycles. The average molecular weight is 337 g/mol. The van der Waals surface area contributed by atoms with Crippen molar-refractivity contribution in [3.05, 3.63) is 36.2 Å². The van der Waals surface area contributed by atoms with Gasteiger partial charge in [-0.05, 0) is 18.9 Å². The van der Waals surface area contributed by atoms with Gasteiger partial charge in [0.05, 0.1) is 30.6 Å². The van der Waals surface area contributed by atoms with Gasteiger partial charge in [0.2, 0.25) is 5.95 Å². The van der Waals surface area contributed by atoms with Crippen molar-refractivity contribution in [3.63, 3.8) is 0 Å². The van der Waals surface area contributed by atoms with Gasteiger partial charge in [-0.1, -0.05) is 6.42 Å². The van der Waals surface area contributed by atoms with Gasteiger partial charge in [-0.3, -0.25) is 4.68 Å². The highest BCUT2D eigenvalue weighted by atomic mass is 19.3. The Morgan fingerprint density at radius 3 is 2.50 bits per heavy atom. The fraction of sp³-hybridized carbons (Fsp3) is 0.562. The van der Waals surface area contributed by atoms with Crippen LogP contribution in [0.2, 0.25) is 0 Å². The highest BCUT2D eigenvalue weighted by Crippen LogP contribution is 2.75. The van der Waals surface area contributed by atoms with Gasteiger partial charge in [0, 0.05) is 25.2 Å². The minimum absolute atomic E-state index is 0.148. The lowest BCUT2D eigenvalue weighted by molar-refractivity contribution is 0.0281. The molecule has 8 heteroatoms. The summed E-state index contributed by atoms with van der Waals surface area (Å²) in [6.45, 7) is 0.463. The number of halogens is 3. The first-order chi connectivity index (χ1) is 11.4. The Morgan fingerprint density at radius 1 is 1.29 bits per heavy atom. The van der Waals surface area contributed by atoms with E-state index in [1.165, 1.54) is 0 Å². The highest BCUT2D eigenvalue weighted by Gasteiger charge is 2.81. The number of hydrogen-bond acceptors (Lipinski definition) is 4. The molecule has 1 unspecified atom stereocenters. The minimum atomic E-state index is -2.63. The maximum absolute atomic E-state index is 14.2. The summed E-state index contributed by atoms with van der Waals surface area (Å²) >= 11 is 0. The fourth-order valence-corrected chi connectivity index (χ4v) is 3.77. The molecule has 4 rings (SSSR count). The smallest absolute Gasteiger partial charge is 0.259 e. The van der Waals surface area contributed by atoms with Crippen molar-refractivity contribution in [3.8, 4) is 0 Å². The first kappa shape index (κ1) is 15.4. The summed E-state index contributed by atoms with van der Waals surface area (Å²) in [6.07, 6.45) is 5.91. The van der Waals surface area contributed by atoms with Crippen LogP contribution in [-0.2, 0) is 13.6 Å². The molecule has 5 nitrogen and oxygen atoms in total. The van der Waals surface area contributed by atoms with Gasteiger partial charge in [0.15, 0.2) is 5.82 Å². The van der Waals surface area contributed by atoms with E-state index >= 15 is 0 Å². The third-order valence-electron chi connectivity index (χ3n) is 5.35. The molecule has 1 atom stereocenters. The lowest BCUT2D eigenvalue weighted by Gasteiger charge is -2.27. The molecule has 0 radical (unpaired) electrons. The van der Waals surface area contributed by atoms with Gasteiger partial charge in [0.25, 0.3) is 5.92 Å². The second kappa shape index (κ2) is 5.19. The lowest BCUT2D eigenvalue weighted by atomic mass is 9.79. The maximum Gasteiger partial charge on any atom is 0.259 e. The van der Waals surface area contributed by atoms with Gasteiger partial charge >= 0.3 is 0 Å². The molecule has 2 aliphatic rings. The van der Waals surface area contributed by atoms with Crippen LogP contribution in [0.3, 0.4) is 0 Å². The summed E-state index contributed by atoms with van der Waals surface area (Å²) in [6, 6.07) is 1.82. The molecule has 1 spiro atoms. The van der Waals surface area contributed by atoms with Crippen molar-refractivity contribution >= 4 is 5.95 Å². The van der Waals surface area contributed by atoms with E-state index in [-0.39, 0.29) is 12.5 Å². The molecular formula is C16H18F3N5. The zero-order valence-corrected chi connectivity index (χ0v) is 13.3. The van der Waals surface area contributed by atoms with Gasteiger partial charge in [-0.2, -0.15) is 5.10 Å². The molecule has 24 heavy (non-hydrogen) atoms. The molecule has 0 saturated heterocycles. The minimum Gasteiger partial charge on any atom is -0.334 e. The average Bonchev–Trinajstić information content (AvgIpc) is 2.76. The Bertz CT molecular complexity index is 738. The van der Waals surface area contributed by atoms with Gasteiger partial charge in [-0.25, -0.2) is 23.1 Å². The quantitative estimate of drug-likeness (QED) is 0.842. The summed E-state index contributed by atoms with van der Waals surface area (Å²) in [7, 11) is 1.79. The summed E-state index contributed by atoms with van der Waals surface area (Å²) in [5.41, 5.74) is -0.105. The number of nitrogens with zero attached hydrogens (tertiary/aromatic N) is 5. The summed E-state index contributed by atoms with van der Waals surface area (Å²) in [5.74, 6) is -3.63. The number of rotatable bonds is 5. The summed E-state index contributed by atoms with van der Waals surface area (Å²) in [4.78, 5) is 9.60. The van der Waals surface area contributed by atoms with Crippen LogP contribution in [0, 0.1) is 17.2 Å². The number of alkyl halides is 2. The van der Waals surface area contributed by atoms with Gasteiger partial charge in [-0.15, -0.1) is 0 Å². The molecule has 2 aromatic heterocycles. The van der Waals surface area contributed by atoms with Crippen molar-refractivity contribution in [1.29, 1.82) is 0 Å². The van der Waals surface area contributed by atoms with Crippen LogP contribution < -0.4 is 4.90 Å². The van der Waals surface area contributed by atoms with E-state index in [1.54, 1.807) is 22.8 Å². The first-order valence-corrected chi connectivity index (χ1v) is 8.01. The van der Waals surface area contributed by atoms with Crippen LogP contribution >= 0.6 is 0 Å².